The third kappa shape index (κ3) is 16.1. The number of ketones is 1. The van der Waals surface area contributed by atoms with Crippen LogP contribution < -0.4 is 0 Å². The molecule has 0 unspecified atom stereocenters. The zero-order chi connectivity index (χ0) is 27.1. The van der Waals surface area contributed by atoms with Crippen LogP contribution in [0.25, 0.3) is 11.3 Å². The van der Waals surface area contributed by atoms with E-state index in [4.69, 9.17) is 5.11 Å². The number of hydrogen-bond donors (Lipinski definition) is 1. The number of nitrogens with zero attached hydrogens (tertiary/aromatic N) is 1. The molecule has 1 heterocycles. The maximum Gasteiger partial charge on any atom is 0.399 e. The van der Waals surface area contributed by atoms with Crippen molar-refractivity contribution in [3.63, 3.8) is 0 Å². The Morgan fingerprint density at radius 3 is 1.94 bits per heavy atom. The maximum absolute atomic E-state index is 12.7. The van der Waals surface area contributed by atoms with E-state index in [-0.39, 0.29) is 25.9 Å². The van der Waals surface area contributed by atoms with Crippen LogP contribution in [0.5, 0.6) is 0 Å². The van der Waals surface area contributed by atoms with E-state index in [0.717, 1.165) is 17.7 Å². The Morgan fingerprint density at radius 1 is 1.03 bits per heavy atom. The topological polar surface area (TPSA) is 50.2 Å². The second-order valence-corrected chi connectivity index (χ2v) is 7.69. The number of carbonyl (C=O) groups excluding carboxylic acids is 1. The summed E-state index contributed by atoms with van der Waals surface area (Å²) in [4.78, 5) is 15.1. The number of halogens is 7. The molecule has 0 aliphatic carbocycles. The first-order chi connectivity index (χ1) is 15.6. The molecule has 0 spiro atoms. The van der Waals surface area contributed by atoms with E-state index in [9.17, 15) is 35.5 Å². The van der Waals surface area contributed by atoms with Gasteiger partial charge in [0.25, 0.3) is 0 Å². The van der Waals surface area contributed by atoms with Crippen molar-refractivity contribution in [2.45, 2.75) is 40.8 Å². The van der Waals surface area contributed by atoms with Gasteiger partial charge in [0.05, 0.1) is 7.18 Å². The first-order valence-corrected chi connectivity index (χ1v) is 9.69. The number of allylic oxidation sites excluding steroid dienone is 2. The molecule has 35 heavy (non-hydrogen) atoms. The predicted octanol–water partition coefficient (Wildman–Crippen LogP) is 7.66. The number of pyridine rings is 1. The van der Waals surface area contributed by atoms with Gasteiger partial charge in [0.15, 0.2) is 5.78 Å². The maximum atomic E-state index is 12.7. The van der Waals surface area contributed by atoms with Crippen molar-refractivity contribution in [1.82, 2.24) is 4.98 Å². The molecule has 0 atom stereocenters. The van der Waals surface area contributed by atoms with Crippen molar-refractivity contribution in [2.75, 3.05) is 20.8 Å². The van der Waals surface area contributed by atoms with Crippen LogP contribution in [0, 0.1) is 25.3 Å². The van der Waals surface area contributed by atoms with Crippen LogP contribution in [0.3, 0.4) is 0 Å². The quantitative estimate of drug-likeness (QED) is 0.156. The van der Waals surface area contributed by atoms with Gasteiger partial charge in [-0.1, -0.05) is 39.3 Å². The van der Waals surface area contributed by atoms with Gasteiger partial charge < -0.3 is 10.1 Å². The van der Waals surface area contributed by atoms with Crippen molar-refractivity contribution in [3.05, 3.63) is 65.1 Å². The van der Waals surface area contributed by atoms with E-state index in [2.05, 4.69) is 11.1 Å². The zero-order valence-corrected chi connectivity index (χ0v) is 22.6. The first kappa shape index (κ1) is 37.3. The van der Waals surface area contributed by atoms with Crippen LogP contribution >= 0.6 is 0 Å². The summed E-state index contributed by atoms with van der Waals surface area (Å²) in [5, 5.41) is 8.66. The summed E-state index contributed by atoms with van der Waals surface area (Å²) >= 11 is 0. The van der Waals surface area contributed by atoms with Gasteiger partial charge in [0.1, 0.15) is 12.4 Å². The number of hydrogen-bond acceptors (Lipinski definition) is 3. The van der Waals surface area contributed by atoms with Crippen LogP contribution in [0.4, 0.5) is 30.7 Å². The standard InChI is InChI=1S/C14H11F3N.C8H13FO2.CH2F2.CH3F.Ir/c1-9-3-4-18-13(7-9)11-5-10(2)6-12(8-11)14(15,16)17;1-8(2,3)7(11)4-6(10)5-9;2-1-3;1-2;/h3-7H,1-2H3;4,10H,5H2,1-3H3;1H2;1H3;/q-1;;;;. The number of benzene rings is 1. The number of carbonyl (C=O) groups is 1. The van der Waals surface area contributed by atoms with Gasteiger partial charge in [-0.3, -0.25) is 9.18 Å². The molecule has 2 rings (SSSR count). The minimum atomic E-state index is -4.38. The molecular formula is C24H29F7IrNO2-. The predicted molar refractivity (Wildman–Crippen MR) is 118 cm³/mol. The molecule has 3 nitrogen and oxygen atoms in total. The Labute approximate surface area is 214 Å². The van der Waals surface area contributed by atoms with E-state index in [1.165, 1.54) is 0 Å². The molecule has 1 N–H and O–H groups in total. The van der Waals surface area contributed by atoms with Gasteiger partial charge in [0, 0.05) is 37.8 Å². The van der Waals surface area contributed by atoms with E-state index in [0.29, 0.717) is 24.0 Å². The minimum absolute atomic E-state index is 0. The molecule has 201 valence electrons. The van der Waals surface area contributed by atoms with Crippen molar-refractivity contribution < 1.29 is 60.7 Å². The zero-order valence-electron chi connectivity index (χ0n) is 20.2. The van der Waals surface area contributed by atoms with Gasteiger partial charge in [-0.2, -0.15) is 13.2 Å². The monoisotopic (exact) mass is 689 g/mol. The molecule has 0 saturated heterocycles. The van der Waals surface area contributed by atoms with E-state index in [1.807, 2.05) is 6.92 Å². The van der Waals surface area contributed by atoms with Gasteiger partial charge >= 0.3 is 6.18 Å². The van der Waals surface area contributed by atoms with Crippen LogP contribution in [-0.4, -0.2) is 36.7 Å². The number of alkyl halides is 7. The number of rotatable bonds is 3. The van der Waals surface area contributed by atoms with Gasteiger partial charge in [-0.25, -0.2) is 13.2 Å². The summed E-state index contributed by atoms with van der Waals surface area (Å²) in [6, 6.07) is 8.65. The molecule has 0 bridgehead atoms. The van der Waals surface area contributed by atoms with Gasteiger partial charge in [-0.05, 0) is 24.2 Å². The number of aliphatic hydroxyl groups is 1. The molecule has 0 aliphatic rings. The summed E-state index contributed by atoms with van der Waals surface area (Å²) in [6.07, 6.45) is -1.88. The third-order valence-corrected chi connectivity index (χ3v) is 3.68. The fraction of sp³-hybridized carbons (Fsp3) is 0.417. The number of aryl methyl sites for hydroxylation is 2. The van der Waals surface area contributed by atoms with Crippen LogP contribution in [-0.2, 0) is 31.1 Å². The largest absolute Gasteiger partial charge is 0.509 e. The molecule has 0 saturated carbocycles. The van der Waals surface area contributed by atoms with Crippen LogP contribution in [0.2, 0.25) is 0 Å². The number of aromatic nitrogens is 1. The summed E-state index contributed by atoms with van der Waals surface area (Å²) in [5.41, 5.74) is 1.04. The molecule has 2 aromatic rings. The molecule has 1 aromatic carbocycles. The van der Waals surface area contributed by atoms with Gasteiger partial charge in [-0.15, -0.1) is 29.3 Å². The summed E-state index contributed by atoms with van der Waals surface area (Å²) in [5.74, 6) is -0.780. The third-order valence-electron chi connectivity index (χ3n) is 3.68. The van der Waals surface area contributed by atoms with Crippen molar-refractivity contribution >= 4 is 5.78 Å². The molecule has 1 aromatic heterocycles. The molecule has 0 fully saturated rings. The average molecular weight is 689 g/mol. The van der Waals surface area contributed by atoms with E-state index in [1.54, 1.807) is 52.1 Å². The fourth-order valence-electron chi connectivity index (χ4n) is 2.09. The molecule has 1 radical (unpaired) electrons. The van der Waals surface area contributed by atoms with Crippen molar-refractivity contribution in [3.8, 4) is 11.3 Å². The Bertz CT molecular complexity index is 911. The normalized spacial score (nSPS) is 10.8. The first-order valence-electron chi connectivity index (χ1n) is 9.69. The Morgan fingerprint density at radius 2 is 1.54 bits per heavy atom. The van der Waals surface area contributed by atoms with E-state index >= 15 is 0 Å². The fourth-order valence-corrected chi connectivity index (χ4v) is 2.09. The molecule has 11 heteroatoms. The second kappa shape index (κ2) is 18.1. The summed E-state index contributed by atoms with van der Waals surface area (Å²) in [7, 11) is 0.500. The molecule has 0 amide bonds. The Balaban J connectivity index is -0.000000521. The second-order valence-electron chi connectivity index (χ2n) is 7.69. The van der Waals surface area contributed by atoms with E-state index < -0.39 is 36.5 Å². The summed E-state index contributed by atoms with van der Waals surface area (Å²) in [6.45, 7) is 5.88. The average Bonchev–Trinajstić information content (AvgIpc) is 2.74. The molecular weight excluding hydrogens is 659 g/mol. The van der Waals surface area contributed by atoms with Crippen LogP contribution in [0.1, 0.15) is 37.5 Å². The Kier molecular flexibility index (Phi) is 19.3. The molecule has 0 aliphatic heterocycles. The Hall–Kier alpha value is -2.26. The van der Waals surface area contributed by atoms with Crippen molar-refractivity contribution in [2.24, 2.45) is 5.41 Å². The minimum Gasteiger partial charge on any atom is -0.509 e. The summed E-state index contributed by atoms with van der Waals surface area (Å²) < 4.78 is 78.5. The van der Waals surface area contributed by atoms with Crippen molar-refractivity contribution in [1.29, 1.82) is 0 Å². The van der Waals surface area contributed by atoms with Gasteiger partial charge in [0.2, 0.25) is 6.93 Å². The number of aliphatic hydroxyl groups excluding tert-OH is 1. The smallest absolute Gasteiger partial charge is 0.399 e. The van der Waals surface area contributed by atoms with Crippen LogP contribution in [0.15, 0.2) is 42.3 Å². The SMILES string of the molecule is CC(C)(C)C(=O)C=C(O)CF.CF.Cc1cc(-c2cc(C)ccn2)[c-]c(C(F)(F)F)c1.FCF.[Ir].